The van der Waals surface area contributed by atoms with Crippen molar-refractivity contribution >= 4 is 10.9 Å². The summed E-state index contributed by atoms with van der Waals surface area (Å²) in [4.78, 5) is 5.56. The number of fused-ring (bicyclic) bond motifs is 1. The predicted molar refractivity (Wildman–Crippen MR) is 76.0 cm³/mol. The lowest BCUT2D eigenvalue weighted by Gasteiger charge is -2.27. The molecule has 1 aliphatic rings. The highest BCUT2D eigenvalue weighted by molar-refractivity contribution is 5.81. The molecule has 0 bridgehead atoms. The van der Waals surface area contributed by atoms with Crippen LogP contribution in [-0.4, -0.2) is 42.6 Å². The van der Waals surface area contributed by atoms with E-state index in [9.17, 15) is 4.39 Å². The maximum Gasteiger partial charge on any atom is 0.135 e. The third kappa shape index (κ3) is 2.65. The molecule has 1 saturated heterocycles. The van der Waals surface area contributed by atoms with Crippen LogP contribution < -0.4 is 5.32 Å². The Morgan fingerprint density at radius 2 is 2.05 bits per heavy atom. The van der Waals surface area contributed by atoms with Gasteiger partial charge in [0.2, 0.25) is 0 Å². The van der Waals surface area contributed by atoms with E-state index in [1.165, 1.54) is 0 Å². The number of nitrogens with zero attached hydrogens (tertiary/aromatic N) is 1. The summed E-state index contributed by atoms with van der Waals surface area (Å²) < 4.78 is 14.4. The average molecular weight is 261 g/mol. The van der Waals surface area contributed by atoms with Gasteiger partial charge in [-0.25, -0.2) is 4.39 Å². The van der Waals surface area contributed by atoms with Crippen molar-refractivity contribution in [2.24, 2.45) is 0 Å². The molecule has 4 heteroatoms. The van der Waals surface area contributed by atoms with E-state index in [0.717, 1.165) is 61.3 Å². The third-order valence-electron chi connectivity index (χ3n) is 3.86. The molecule has 102 valence electrons. The largest absolute Gasteiger partial charge is 0.359 e. The molecule has 0 spiro atoms. The highest BCUT2D eigenvalue weighted by atomic mass is 19.1. The lowest BCUT2D eigenvalue weighted by Crippen LogP contribution is -2.44. The number of aryl methyl sites for hydroxylation is 1. The third-order valence-corrected chi connectivity index (χ3v) is 3.86. The second-order valence-electron chi connectivity index (χ2n) is 5.29. The van der Waals surface area contributed by atoms with Crippen LogP contribution in [0.1, 0.15) is 11.3 Å². The Bertz CT molecular complexity index is 570. The van der Waals surface area contributed by atoms with Gasteiger partial charge in [-0.2, -0.15) is 0 Å². The van der Waals surface area contributed by atoms with Gasteiger partial charge in [-0.05, 0) is 31.0 Å². The molecule has 1 aromatic heterocycles. The number of nitrogens with one attached hydrogen (secondary N) is 2. The molecule has 0 amide bonds. The quantitative estimate of drug-likeness (QED) is 0.886. The van der Waals surface area contributed by atoms with E-state index in [-0.39, 0.29) is 5.82 Å². The summed E-state index contributed by atoms with van der Waals surface area (Å²) in [6.45, 7) is 7.10. The van der Waals surface area contributed by atoms with E-state index in [1.54, 1.807) is 0 Å². The molecule has 0 unspecified atom stereocenters. The Hall–Kier alpha value is -1.39. The summed E-state index contributed by atoms with van der Waals surface area (Å²) in [7, 11) is 0. The van der Waals surface area contributed by atoms with Gasteiger partial charge in [0.25, 0.3) is 0 Å². The van der Waals surface area contributed by atoms with Crippen molar-refractivity contribution in [2.45, 2.75) is 13.3 Å². The number of rotatable bonds is 3. The van der Waals surface area contributed by atoms with E-state index in [0.29, 0.717) is 0 Å². The molecule has 0 saturated carbocycles. The van der Waals surface area contributed by atoms with E-state index < -0.39 is 0 Å². The molecule has 0 radical (unpaired) electrons. The summed E-state index contributed by atoms with van der Waals surface area (Å²) in [6, 6.07) is 5.79. The number of halogens is 1. The van der Waals surface area contributed by atoms with Crippen LogP contribution in [0, 0.1) is 12.7 Å². The fourth-order valence-corrected chi connectivity index (χ4v) is 2.76. The first-order chi connectivity index (χ1) is 9.24. The van der Waals surface area contributed by atoms with Gasteiger partial charge in [0.15, 0.2) is 0 Å². The van der Waals surface area contributed by atoms with Gasteiger partial charge in [-0.3, -0.25) is 0 Å². The summed E-state index contributed by atoms with van der Waals surface area (Å²) in [6.07, 6.45) is 0.784. The summed E-state index contributed by atoms with van der Waals surface area (Å²) in [5.74, 6) is -0.0583. The van der Waals surface area contributed by atoms with Crippen molar-refractivity contribution in [3.05, 3.63) is 35.3 Å². The first kappa shape index (κ1) is 12.6. The molecule has 1 aliphatic heterocycles. The molecular weight excluding hydrogens is 241 g/mol. The molecule has 1 fully saturated rings. The zero-order chi connectivity index (χ0) is 13.2. The summed E-state index contributed by atoms with van der Waals surface area (Å²) in [5, 5.41) is 4.05. The Morgan fingerprint density at radius 3 is 2.84 bits per heavy atom. The SMILES string of the molecule is Cc1cc2c(F)c(CCN3CCNCC3)ccc2[nH]1. The van der Waals surface area contributed by atoms with E-state index in [1.807, 2.05) is 25.1 Å². The van der Waals surface area contributed by atoms with Crippen LogP contribution in [0.15, 0.2) is 18.2 Å². The molecule has 3 rings (SSSR count). The van der Waals surface area contributed by atoms with Crippen LogP contribution >= 0.6 is 0 Å². The number of hydrogen-bond donors (Lipinski definition) is 2. The molecule has 0 aliphatic carbocycles. The van der Waals surface area contributed by atoms with Crippen LogP contribution in [0.4, 0.5) is 4.39 Å². The molecule has 0 atom stereocenters. The second-order valence-corrected chi connectivity index (χ2v) is 5.29. The normalized spacial score (nSPS) is 17.2. The van der Waals surface area contributed by atoms with Crippen LogP contribution in [0.25, 0.3) is 10.9 Å². The van der Waals surface area contributed by atoms with Gasteiger partial charge in [-0.1, -0.05) is 6.07 Å². The molecule has 2 aromatic rings. The minimum atomic E-state index is -0.0583. The van der Waals surface area contributed by atoms with Crippen molar-refractivity contribution in [1.29, 1.82) is 0 Å². The van der Waals surface area contributed by atoms with Crippen molar-refractivity contribution in [3.8, 4) is 0 Å². The first-order valence-electron chi connectivity index (χ1n) is 6.94. The monoisotopic (exact) mass is 261 g/mol. The number of H-pyrrole nitrogens is 1. The second kappa shape index (κ2) is 5.31. The van der Waals surface area contributed by atoms with Gasteiger partial charge in [0, 0.05) is 49.3 Å². The zero-order valence-electron chi connectivity index (χ0n) is 11.3. The minimum Gasteiger partial charge on any atom is -0.359 e. The van der Waals surface area contributed by atoms with Gasteiger partial charge in [0.1, 0.15) is 5.82 Å². The molecular formula is C15H20FN3. The van der Waals surface area contributed by atoms with Gasteiger partial charge in [0.05, 0.1) is 0 Å². The minimum absolute atomic E-state index is 0.0583. The predicted octanol–water partition coefficient (Wildman–Crippen LogP) is 2.06. The van der Waals surface area contributed by atoms with E-state index in [4.69, 9.17) is 0 Å². The molecule has 3 nitrogen and oxygen atoms in total. The van der Waals surface area contributed by atoms with Gasteiger partial charge in [-0.15, -0.1) is 0 Å². The molecule has 2 N–H and O–H groups in total. The van der Waals surface area contributed by atoms with Crippen LogP contribution in [0.2, 0.25) is 0 Å². The van der Waals surface area contributed by atoms with Crippen LogP contribution in [-0.2, 0) is 6.42 Å². The summed E-state index contributed by atoms with van der Waals surface area (Å²) >= 11 is 0. The number of aromatic nitrogens is 1. The van der Waals surface area contributed by atoms with Gasteiger partial charge >= 0.3 is 0 Å². The lowest BCUT2D eigenvalue weighted by atomic mass is 10.1. The molecule has 2 heterocycles. The highest BCUT2D eigenvalue weighted by Gasteiger charge is 2.12. The fourth-order valence-electron chi connectivity index (χ4n) is 2.76. The average Bonchev–Trinajstić information content (AvgIpc) is 2.81. The van der Waals surface area contributed by atoms with Gasteiger partial charge < -0.3 is 15.2 Å². The Morgan fingerprint density at radius 1 is 1.26 bits per heavy atom. The Balaban J connectivity index is 1.75. The van der Waals surface area contributed by atoms with E-state index >= 15 is 0 Å². The van der Waals surface area contributed by atoms with Crippen molar-refractivity contribution in [1.82, 2.24) is 15.2 Å². The number of aromatic amines is 1. The Labute approximate surface area is 112 Å². The standard InChI is InChI=1S/C15H20FN3/c1-11-10-13-14(18-11)3-2-12(15(13)16)4-7-19-8-5-17-6-9-19/h2-3,10,17-18H,4-9H2,1H3. The lowest BCUT2D eigenvalue weighted by molar-refractivity contribution is 0.243. The van der Waals surface area contributed by atoms with Crippen molar-refractivity contribution < 1.29 is 4.39 Å². The van der Waals surface area contributed by atoms with Crippen molar-refractivity contribution in [3.63, 3.8) is 0 Å². The van der Waals surface area contributed by atoms with E-state index in [2.05, 4.69) is 15.2 Å². The highest BCUT2D eigenvalue weighted by Crippen LogP contribution is 2.22. The Kier molecular flexibility index (Phi) is 3.53. The van der Waals surface area contributed by atoms with Crippen LogP contribution in [0.5, 0.6) is 0 Å². The number of piperazine rings is 1. The molecule has 19 heavy (non-hydrogen) atoms. The van der Waals surface area contributed by atoms with Crippen LogP contribution in [0.3, 0.4) is 0 Å². The number of hydrogen-bond acceptors (Lipinski definition) is 2. The van der Waals surface area contributed by atoms with Crippen molar-refractivity contribution in [2.75, 3.05) is 32.7 Å². The maximum absolute atomic E-state index is 14.4. The fraction of sp³-hybridized carbons (Fsp3) is 0.467. The number of benzene rings is 1. The summed E-state index contributed by atoms with van der Waals surface area (Å²) in [5.41, 5.74) is 2.72. The first-order valence-corrected chi connectivity index (χ1v) is 6.94. The smallest absolute Gasteiger partial charge is 0.135 e. The zero-order valence-corrected chi connectivity index (χ0v) is 11.3. The topological polar surface area (TPSA) is 31.1 Å². The molecule has 1 aromatic carbocycles. The maximum atomic E-state index is 14.4.